The summed E-state index contributed by atoms with van der Waals surface area (Å²) in [6.45, 7) is 7.88. The lowest BCUT2D eigenvalue weighted by atomic mass is 9.72. The zero-order valence-electron chi connectivity index (χ0n) is 11.6. The van der Waals surface area contributed by atoms with Crippen LogP contribution in [0.5, 0.6) is 0 Å². The third kappa shape index (κ3) is 3.96. The second kappa shape index (κ2) is 6.19. The summed E-state index contributed by atoms with van der Waals surface area (Å²) < 4.78 is 5.57. The lowest BCUT2D eigenvalue weighted by molar-refractivity contribution is 0.00121. The average molecular weight is 239 g/mol. The van der Waals surface area contributed by atoms with Crippen molar-refractivity contribution < 1.29 is 4.74 Å². The van der Waals surface area contributed by atoms with Crippen molar-refractivity contribution in [1.29, 1.82) is 0 Å². The molecule has 100 valence electrons. The maximum absolute atomic E-state index is 5.57. The van der Waals surface area contributed by atoms with Crippen LogP contribution in [-0.4, -0.2) is 25.8 Å². The van der Waals surface area contributed by atoms with Gasteiger partial charge in [0.15, 0.2) is 0 Å². The first-order chi connectivity index (χ1) is 8.28. The molecular formula is C15H29NO. The van der Waals surface area contributed by atoms with Crippen molar-refractivity contribution in [2.45, 2.75) is 64.8 Å². The van der Waals surface area contributed by atoms with Crippen LogP contribution in [0.25, 0.3) is 0 Å². The normalized spacial score (nSPS) is 24.2. The summed E-state index contributed by atoms with van der Waals surface area (Å²) in [5.74, 6) is 0.911. The van der Waals surface area contributed by atoms with Gasteiger partial charge in [0.25, 0.3) is 0 Å². The van der Waals surface area contributed by atoms with Crippen LogP contribution in [-0.2, 0) is 4.74 Å². The van der Waals surface area contributed by atoms with Crippen LogP contribution in [0.15, 0.2) is 0 Å². The van der Waals surface area contributed by atoms with Crippen molar-refractivity contribution in [1.82, 2.24) is 5.32 Å². The zero-order chi connectivity index (χ0) is 12.1. The predicted molar refractivity (Wildman–Crippen MR) is 72.2 cm³/mol. The molecule has 1 saturated carbocycles. The van der Waals surface area contributed by atoms with Crippen LogP contribution in [0.3, 0.4) is 0 Å². The lowest BCUT2D eigenvalue weighted by Gasteiger charge is -2.40. The SMILES string of the molecule is CCC(CC)CC1(CNC2CC2)CCOCC1. The van der Waals surface area contributed by atoms with E-state index in [-0.39, 0.29) is 0 Å². The highest BCUT2D eigenvalue weighted by Crippen LogP contribution is 2.39. The van der Waals surface area contributed by atoms with E-state index in [9.17, 15) is 0 Å². The summed E-state index contributed by atoms with van der Waals surface area (Å²) >= 11 is 0. The second-order valence-electron chi connectivity index (χ2n) is 6.15. The third-order valence-electron chi connectivity index (χ3n) is 4.77. The van der Waals surface area contributed by atoms with Gasteiger partial charge in [-0.3, -0.25) is 0 Å². The first-order valence-electron chi connectivity index (χ1n) is 7.59. The van der Waals surface area contributed by atoms with Gasteiger partial charge in [0.05, 0.1) is 0 Å². The Balaban J connectivity index is 1.89. The Morgan fingerprint density at radius 1 is 1.18 bits per heavy atom. The summed E-state index contributed by atoms with van der Waals surface area (Å²) in [7, 11) is 0. The maximum atomic E-state index is 5.57. The van der Waals surface area contributed by atoms with E-state index in [0.717, 1.165) is 25.2 Å². The molecule has 0 aromatic carbocycles. The van der Waals surface area contributed by atoms with E-state index in [1.807, 2.05) is 0 Å². The van der Waals surface area contributed by atoms with Crippen LogP contribution in [0, 0.1) is 11.3 Å². The molecule has 2 nitrogen and oxygen atoms in total. The number of hydrogen-bond acceptors (Lipinski definition) is 2. The first kappa shape index (κ1) is 13.4. The molecular weight excluding hydrogens is 210 g/mol. The van der Waals surface area contributed by atoms with Crippen molar-refractivity contribution in [3.8, 4) is 0 Å². The highest BCUT2D eigenvalue weighted by molar-refractivity contribution is 4.90. The Morgan fingerprint density at radius 2 is 1.82 bits per heavy atom. The molecule has 0 radical (unpaired) electrons. The molecule has 1 aliphatic heterocycles. The van der Waals surface area contributed by atoms with E-state index >= 15 is 0 Å². The fraction of sp³-hybridized carbons (Fsp3) is 1.00. The topological polar surface area (TPSA) is 21.3 Å². The van der Waals surface area contributed by atoms with Crippen molar-refractivity contribution in [3.63, 3.8) is 0 Å². The third-order valence-corrected chi connectivity index (χ3v) is 4.77. The molecule has 0 unspecified atom stereocenters. The second-order valence-corrected chi connectivity index (χ2v) is 6.15. The lowest BCUT2D eigenvalue weighted by Crippen LogP contribution is -2.41. The van der Waals surface area contributed by atoms with Gasteiger partial charge in [-0.25, -0.2) is 0 Å². The minimum Gasteiger partial charge on any atom is -0.381 e. The van der Waals surface area contributed by atoms with E-state index in [4.69, 9.17) is 4.74 Å². The van der Waals surface area contributed by atoms with E-state index in [1.165, 1.54) is 51.5 Å². The van der Waals surface area contributed by atoms with Gasteiger partial charge in [0, 0.05) is 25.8 Å². The number of nitrogens with one attached hydrogen (secondary N) is 1. The summed E-state index contributed by atoms with van der Waals surface area (Å²) in [5.41, 5.74) is 0.539. The Hall–Kier alpha value is -0.0800. The van der Waals surface area contributed by atoms with Crippen molar-refractivity contribution in [2.75, 3.05) is 19.8 Å². The number of rotatable bonds is 7. The van der Waals surface area contributed by atoms with Crippen LogP contribution in [0.4, 0.5) is 0 Å². The summed E-state index contributed by atoms with van der Waals surface area (Å²) in [6.07, 6.45) is 9.41. The molecule has 1 N–H and O–H groups in total. The van der Waals surface area contributed by atoms with E-state index in [2.05, 4.69) is 19.2 Å². The molecule has 1 aliphatic carbocycles. The van der Waals surface area contributed by atoms with Crippen molar-refractivity contribution >= 4 is 0 Å². The smallest absolute Gasteiger partial charge is 0.0471 e. The highest BCUT2D eigenvalue weighted by Gasteiger charge is 2.35. The molecule has 17 heavy (non-hydrogen) atoms. The monoisotopic (exact) mass is 239 g/mol. The molecule has 2 fully saturated rings. The minimum atomic E-state index is 0.539. The Morgan fingerprint density at radius 3 is 2.35 bits per heavy atom. The van der Waals surface area contributed by atoms with Crippen LogP contribution in [0.1, 0.15) is 58.8 Å². The standard InChI is InChI=1S/C15H29NO/c1-3-13(4-2)11-15(7-9-17-10-8-15)12-16-14-5-6-14/h13-14,16H,3-12H2,1-2H3. The predicted octanol–water partition coefficient (Wildman–Crippen LogP) is 3.36. The van der Waals surface area contributed by atoms with Gasteiger partial charge < -0.3 is 10.1 Å². The van der Waals surface area contributed by atoms with Gasteiger partial charge in [0.1, 0.15) is 0 Å². The molecule has 2 aliphatic rings. The molecule has 0 spiro atoms. The summed E-state index contributed by atoms with van der Waals surface area (Å²) in [5, 5.41) is 3.77. The molecule has 0 amide bonds. The van der Waals surface area contributed by atoms with Gasteiger partial charge in [-0.2, -0.15) is 0 Å². The van der Waals surface area contributed by atoms with Crippen LogP contribution >= 0.6 is 0 Å². The highest BCUT2D eigenvalue weighted by atomic mass is 16.5. The van der Waals surface area contributed by atoms with Crippen molar-refractivity contribution in [3.05, 3.63) is 0 Å². The van der Waals surface area contributed by atoms with E-state index in [1.54, 1.807) is 0 Å². The van der Waals surface area contributed by atoms with E-state index in [0.29, 0.717) is 5.41 Å². The van der Waals surface area contributed by atoms with E-state index < -0.39 is 0 Å². The Kier molecular flexibility index (Phi) is 4.87. The quantitative estimate of drug-likeness (QED) is 0.735. The molecule has 0 aromatic heterocycles. The molecule has 0 bridgehead atoms. The Bertz CT molecular complexity index is 215. The minimum absolute atomic E-state index is 0.539. The molecule has 2 rings (SSSR count). The number of ether oxygens (including phenoxy) is 1. The fourth-order valence-corrected chi connectivity index (χ4v) is 3.10. The average Bonchev–Trinajstić information content (AvgIpc) is 3.19. The van der Waals surface area contributed by atoms with Gasteiger partial charge >= 0.3 is 0 Å². The van der Waals surface area contributed by atoms with Crippen LogP contribution < -0.4 is 5.32 Å². The summed E-state index contributed by atoms with van der Waals surface area (Å²) in [6, 6.07) is 0.844. The van der Waals surface area contributed by atoms with Gasteiger partial charge in [-0.1, -0.05) is 26.7 Å². The van der Waals surface area contributed by atoms with Crippen LogP contribution in [0.2, 0.25) is 0 Å². The van der Waals surface area contributed by atoms with Gasteiger partial charge in [0.2, 0.25) is 0 Å². The zero-order valence-corrected chi connectivity index (χ0v) is 11.6. The summed E-state index contributed by atoms with van der Waals surface area (Å²) in [4.78, 5) is 0. The fourth-order valence-electron chi connectivity index (χ4n) is 3.10. The largest absolute Gasteiger partial charge is 0.381 e. The molecule has 1 saturated heterocycles. The number of hydrogen-bond donors (Lipinski definition) is 1. The Labute approximate surface area is 107 Å². The molecule has 0 aromatic rings. The molecule has 0 atom stereocenters. The molecule has 1 heterocycles. The maximum Gasteiger partial charge on any atom is 0.0471 e. The first-order valence-corrected chi connectivity index (χ1v) is 7.59. The van der Waals surface area contributed by atoms with Gasteiger partial charge in [-0.05, 0) is 43.4 Å². The van der Waals surface area contributed by atoms with Crippen molar-refractivity contribution in [2.24, 2.45) is 11.3 Å². The molecule has 2 heteroatoms. The van der Waals surface area contributed by atoms with Gasteiger partial charge in [-0.15, -0.1) is 0 Å².